The van der Waals surface area contributed by atoms with Gasteiger partial charge in [-0.25, -0.2) is 0 Å². The van der Waals surface area contributed by atoms with Gasteiger partial charge in [-0.05, 0) is 38.8 Å². The molecule has 0 amide bonds. The maximum atomic E-state index is 3.73. The third kappa shape index (κ3) is 1.60. The monoisotopic (exact) mass is 178 g/mol. The highest BCUT2D eigenvalue weighted by atomic mass is 15.3. The largest absolute Gasteiger partial charge is 0.359 e. The Bertz CT molecular complexity index is 238. The lowest BCUT2D eigenvalue weighted by Crippen LogP contribution is -2.42. The van der Waals surface area contributed by atoms with E-state index in [2.05, 4.69) is 23.3 Å². The number of nitrogens with one attached hydrogen (secondary N) is 1. The van der Waals surface area contributed by atoms with E-state index >= 15 is 0 Å². The summed E-state index contributed by atoms with van der Waals surface area (Å²) in [5.74, 6) is 0. The van der Waals surface area contributed by atoms with Crippen LogP contribution in [0.2, 0.25) is 0 Å². The molecule has 0 aromatic heterocycles. The van der Waals surface area contributed by atoms with Gasteiger partial charge in [0.2, 0.25) is 0 Å². The standard InChI is InChI=1S/C11H18N2/c1-8-6-11(12-9-2-3-9)13(7-8)10-4-5-10/h7,9-12H,2-6H2,1H3. The summed E-state index contributed by atoms with van der Waals surface area (Å²) in [5.41, 5.74) is 1.55. The smallest absolute Gasteiger partial charge is 0.0833 e. The maximum Gasteiger partial charge on any atom is 0.0833 e. The van der Waals surface area contributed by atoms with Crippen molar-refractivity contribution < 1.29 is 0 Å². The van der Waals surface area contributed by atoms with Gasteiger partial charge in [0.25, 0.3) is 0 Å². The first kappa shape index (κ1) is 7.86. The normalized spacial score (nSPS) is 33.8. The minimum atomic E-state index is 0.639. The van der Waals surface area contributed by atoms with Gasteiger partial charge in [0.05, 0.1) is 6.17 Å². The zero-order valence-electron chi connectivity index (χ0n) is 8.29. The average Bonchev–Trinajstić information content (AvgIpc) is 2.94. The fourth-order valence-electron chi connectivity index (χ4n) is 2.21. The molecule has 1 atom stereocenters. The van der Waals surface area contributed by atoms with Gasteiger partial charge in [0.1, 0.15) is 0 Å². The molecule has 2 fully saturated rings. The van der Waals surface area contributed by atoms with Gasteiger partial charge in [0.15, 0.2) is 0 Å². The molecule has 2 heteroatoms. The van der Waals surface area contributed by atoms with E-state index in [0.717, 1.165) is 12.1 Å². The molecule has 0 spiro atoms. The molecule has 1 heterocycles. The second kappa shape index (κ2) is 2.74. The van der Waals surface area contributed by atoms with Crippen LogP contribution in [-0.2, 0) is 0 Å². The van der Waals surface area contributed by atoms with Crippen LogP contribution in [0.25, 0.3) is 0 Å². The van der Waals surface area contributed by atoms with Crippen LogP contribution in [-0.4, -0.2) is 23.1 Å². The van der Waals surface area contributed by atoms with Crippen LogP contribution in [0.5, 0.6) is 0 Å². The van der Waals surface area contributed by atoms with Gasteiger partial charge < -0.3 is 4.90 Å². The Morgan fingerprint density at radius 2 is 2.08 bits per heavy atom. The molecule has 0 bridgehead atoms. The van der Waals surface area contributed by atoms with Crippen molar-refractivity contribution in [3.8, 4) is 0 Å². The Labute approximate surface area is 80.0 Å². The number of rotatable bonds is 3. The van der Waals surface area contributed by atoms with Crippen LogP contribution >= 0.6 is 0 Å². The zero-order chi connectivity index (χ0) is 8.84. The molecule has 13 heavy (non-hydrogen) atoms. The van der Waals surface area contributed by atoms with Crippen molar-refractivity contribution in [2.24, 2.45) is 0 Å². The van der Waals surface area contributed by atoms with E-state index in [1.807, 2.05) is 0 Å². The first-order valence-electron chi connectivity index (χ1n) is 5.54. The highest BCUT2D eigenvalue weighted by Gasteiger charge is 2.37. The van der Waals surface area contributed by atoms with E-state index in [1.165, 1.54) is 32.1 Å². The van der Waals surface area contributed by atoms with Gasteiger partial charge in [0, 0.05) is 18.5 Å². The summed E-state index contributed by atoms with van der Waals surface area (Å²) in [6.45, 7) is 2.25. The minimum absolute atomic E-state index is 0.639. The van der Waals surface area contributed by atoms with Crippen molar-refractivity contribution in [2.75, 3.05) is 0 Å². The second-order valence-electron chi connectivity index (χ2n) is 4.81. The SMILES string of the molecule is CC1=CN(C2CC2)C(NC2CC2)C1. The number of hydrogen-bond donors (Lipinski definition) is 1. The fourth-order valence-corrected chi connectivity index (χ4v) is 2.21. The Morgan fingerprint density at radius 3 is 2.69 bits per heavy atom. The van der Waals surface area contributed by atoms with Crippen LogP contribution in [0.3, 0.4) is 0 Å². The predicted octanol–water partition coefficient (Wildman–Crippen LogP) is 1.84. The van der Waals surface area contributed by atoms with E-state index in [-0.39, 0.29) is 0 Å². The molecule has 0 aromatic rings. The predicted molar refractivity (Wildman–Crippen MR) is 53.2 cm³/mol. The van der Waals surface area contributed by atoms with Gasteiger partial charge in [-0.1, -0.05) is 5.57 Å². The molecular weight excluding hydrogens is 160 g/mol. The summed E-state index contributed by atoms with van der Waals surface area (Å²) in [6.07, 6.45) is 9.87. The van der Waals surface area contributed by atoms with Crippen LogP contribution < -0.4 is 5.32 Å². The summed E-state index contributed by atoms with van der Waals surface area (Å²) >= 11 is 0. The molecule has 72 valence electrons. The maximum absolute atomic E-state index is 3.73. The highest BCUT2D eigenvalue weighted by molar-refractivity contribution is 5.12. The molecule has 0 saturated heterocycles. The third-order valence-corrected chi connectivity index (χ3v) is 3.22. The lowest BCUT2D eigenvalue weighted by molar-refractivity contribution is 0.243. The van der Waals surface area contributed by atoms with Crippen molar-refractivity contribution in [1.29, 1.82) is 0 Å². The molecule has 1 unspecified atom stereocenters. The Morgan fingerprint density at radius 1 is 1.31 bits per heavy atom. The van der Waals surface area contributed by atoms with Crippen molar-refractivity contribution in [3.63, 3.8) is 0 Å². The molecule has 0 radical (unpaired) electrons. The molecule has 2 saturated carbocycles. The van der Waals surface area contributed by atoms with Crippen LogP contribution in [0.4, 0.5) is 0 Å². The first-order chi connectivity index (χ1) is 6.33. The molecule has 1 aliphatic heterocycles. The van der Waals surface area contributed by atoms with Crippen LogP contribution in [0.1, 0.15) is 39.0 Å². The molecule has 2 aliphatic carbocycles. The summed E-state index contributed by atoms with van der Waals surface area (Å²) in [5, 5.41) is 3.73. The fraction of sp³-hybridized carbons (Fsp3) is 0.818. The van der Waals surface area contributed by atoms with E-state index in [9.17, 15) is 0 Å². The quantitative estimate of drug-likeness (QED) is 0.709. The molecule has 1 N–H and O–H groups in total. The summed E-state index contributed by atoms with van der Waals surface area (Å²) in [4.78, 5) is 2.56. The van der Waals surface area contributed by atoms with E-state index in [4.69, 9.17) is 0 Å². The molecular formula is C11H18N2. The van der Waals surface area contributed by atoms with Crippen molar-refractivity contribution >= 4 is 0 Å². The molecule has 2 nitrogen and oxygen atoms in total. The number of nitrogens with zero attached hydrogens (tertiary/aromatic N) is 1. The topological polar surface area (TPSA) is 15.3 Å². The molecule has 0 aromatic carbocycles. The van der Waals surface area contributed by atoms with E-state index in [1.54, 1.807) is 5.57 Å². The van der Waals surface area contributed by atoms with E-state index in [0.29, 0.717) is 6.17 Å². The number of hydrogen-bond acceptors (Lipinski definition) is 2. The third-order valence-electron chi connectivity index (χ3n) is 3.22. The second-order valence-corrected chi connectivity index (χ2v) is 4.81. The van der Waals surface area contributed by atoms with Crippen LogP contribution in [0.15, 0.2) is 11.8 Å². The van der Waals surface area contributed by atoms with Gasteiger partial charge in [-0.15, -0.1) is 0 Å². The highest BCUT2D eigenvalue weighted by Crippen LogP contribution is 2.35. The summed E-state index contributed by atoms with van der Waals surface area (Å²) in [7, 11) is 0. The Balaban J connectivity index is 1.65. The van der Waals surface area contributed by atoms with Crippen LogP contribution in [0, 0.1) is 0 Å². The van der Waals surface area contributed by atoms with Crippen molar-refractivity contribution in [2.45, 2.75) is 57.3 Å². The Kier molecular flexibility index (Phi) is 1.66. The van der Waals surface area contributed by atoms with Crippen molar-refractivity contribution in [1.82, 2.24) is 10.2 Å². The van der Waals surface area contributed by atoms with Crippen molar-refractivity contribution in [3.05, 3.63) is 11.8 Å². The van der Waals surface area contributed by atoms with Gasteiger partial charge in [-0.2, -0.15) is 0 Å². The molecule has 3 aliphatic rings. The average molecular weight is 178 g/mol. The Hall–Kier alpha value is -0.500. The summed E-state index contributed by atoms with van der Waals surface area (Å²) in [6, 6.07) is 1.71. The summed E-state index contributed by atoms with van der Waals surface area (Å²) < 4.78 is 0. The zero-order valence-corrected chi connectivity index (χ0v) is 8.29. The minimum Gasteiger partial charge on any atom is -0.359 e. The lowest BCUT2D eigenvalue weighted by Gasteiger charge is -2.26. The first-order valence-corrected chi connectivity index (χ1v) is 5.54. The molecule has 3 rings (SSSR count). The van der Waals surface area contributed by atoms with Gasteiger partial charge in [-0.3, -0.25) is 5.32 Å². The van der Waals surface area contributed by atoms with E-state index < -0.39 is 0 Å². The lowest BCUT2D eigenvalue weighted by atomic mass is 10.2. The van der Waals surface area contributed by atoms with Gasteiger partial charge >= 0.3 is 0 Å².